The van der Waals surface area contributed by atoms with Gasteiger partial charge in [-0.2, -0.15) is 0 Å². The van der Waals surface area contributed by atoms with Gasteiger partial charge in [-0.15, -0.1) is 0 Å². The van der Waals surface area contributed by atoms with Crippen LogP contribution in [-0.2, 0) is 0 Å². The van der Waals surface area contributed by atoms with E-state index in [1.807, 2.05) is 0 Å². The van der Waals surface area contributed by atoms with Crippen LogP contribution in [0.3, 0.4) is 0 Å². The molecule has 0 saturated carbocycles. The van der Waals surface area contributed by atoms with E-state index in [0.717, 1.165) is 19.4 Å². The fraction of sp³-hybridized carbons (Fsp3) is 0.600. The summed E-state index contributed by atoms with van der Waals surface area (Å²) in [5.74, 6) is 0.660. The highest BCUT2D eigenvalue weighted by Crippen LogP contribution is 2.32. The zero-order valence-corrected chi connectivity index (χ0v) is 11.5. The van der Waals surface area contributed by atoms with Gasteiger partial charge in [-0.05, 0) is 43.9 Å². The SMILES string of the molecule is COc1cccc(F)c1C(O)CC1CC(C)CCN1. The van der Waals surface area contributed by atoms with Crippen LogP contribution in [0.1, 0.15) is 37.9 Å². The van der Waals surface area contributed by atoms with Gasteiger partial charge in [-0.25, -0.2) is 4.39 Å². The Bertz CT molecular complexity index is 425. The van der Waals surface area contributed by atoms with Gasteiger partial charge in [0.25, 0.3) is 0 Å². The van der Waals surface area contributed by atoms with Gasteiger partial charge >= 0.3 is 0 Å². The predicted octanol–water partition coefficient (Wildman–Crippen LogP) is 2.65. The number of hydrogen-bond donors (Lipinski definition) is 2. The highest BCUT2D eigenvalue weighted by Gasteiger charge is 2.25. The van der Waals surface area contributed by atoms with Crippen LogP contribution in [0, 0.1) is 11.7 Å². The van der Waals surface area contributed by atoms with E-state index in [2.05, 4.69) is 12.2 Å². The molecule has 0 aliphatic carbocycles. The molecule has 0 amide bonds. The Morgan fingerprint density at radius 2 is 2.32 bits per heavy atom. The van der Waals surface area contributed by atoms with Gasteiger partial charge < -0.3 is 15.2 Å². The smallest absolute Gasteiger partial charge is 0.132 e. The van der Waals surface area contributed by atoms with Crippen molar-refractivity contribution < 1.29 is 14.2 Å². The quantitative estimate of drug-likeness (QED) is 0.881. The van der Waals surface area contributed by atoms with Crippen molar-refractivity contribution in [3.05, 3.63) is 29.6 Å². The number of piperidine rings is 1. The van der Waals surface area contributed by atoms with Crippen molar-refractivity contribution in [1.29, 1.82) is 0 Å². The van der Waals surface area contributed by atoms with Crippen molar-refractivity contribution in [1.82, 2.24) is 5.32 Å². The fourth-order valence-electron chi connectivity index (χ4n) is 2.81. The van der Waals surface area contributed by atoms with Gasteiger partial charge in [-0.3, -0.25) is 0 Å². The van der Waals surface area contributed by atoms with Gasteiger partial charge in [0.2, 0.25) is 0 Å². The highest BCUT2D eigenvalue weighted by atomic mass is 19.1. The number of hydrogen-bond acceptors (Lipinski definition) is 3. The Kier molecular flexibility index (Phi) is 4.77. The van der Waals surface area contributed by atoms with E-state index >= 15 is 0 Å². The maximum absolute atomic E-state index is 13.9. The first-order valence-electron chi connectivity index (χ1n) is 6.85. The zero-order valence-electron chi connectivity index (χ0n) is 11.5. The monoisotopic (exact) mass is 267 g/mol. The molecule has 106 valence electrons. The fourth-order valence-corrected chi connectivity index (χ4v) is 2.81. The molecule has 3 nitrogen and oxygen atoms in total. The first-order chi connectivity index (χ1) is 9.11. The van der Waals surface area contributed by atoms with Crippen molar-refractivity contribution in [2.24, 2.45) is 5.92 Å². The molecule has 1 aromatic carbocycles. The Balaban J connectivity index is 2.09. The van der Waals surface area contributed by atoms with Gasteiger partial charge in [-0.1, -0.05) is 13.0 Å². The van der Waals surface area contributed by atoms with Crippen LogP contribution in [0.15, 0.2) is 18.2 Å². The number of aliphatic hydroxyl groups excluding tert-OH is 1. The van der Waals surface area contributed by atoms with Crippen molar-refractivity contribution in [2.45, 2.75) is 38.3 Å². The summed E-state index contributed by atoms with van der Waals surface area (Å²) in [4.78, 5) is 0. The maximum atomic E-state index is 13.9. The van der Waals surface area contributed by atoms with E-state index in [4.69, 9.17) is 4.74 Å². The Hall–Kier alpha value is -1.13. The molecule has 1 saturated heterocycles. The van der Waals surface area contributed by atoms with E-state index < -0.39 is 11.9 Å². The molecule has 1 aliphatic heterocycles. The highest BCUT2D eigenvalue weighted by molar-refractivity contribution is 5.36. The van der Waals surface area contributed by atoms with Gasteiger partial charge in [0, 0.05) is 6.04 Å². The molecule has 0 spiro atoms. The molecule has 3 atom stereocenters. The third-order valence-electron chi connectivity index (χ3n) is 3.83. The first-order valence-corrected chi connectivity index (χ1v) is 6.85. The second kappa shape index (κ2) is 6.35. The molecule has 1 heterocycles. The van der Waals surface area contributed by atoms with Crippen LogP contribution in [0.25, 0.3) is 0 Å². The van der Waals surface area contributed by atoms with Crippen LogP contribution in [0.4, 0.5) is 4.39 Å². The van der Waals surface area contributed by atoms with Crippen LogP contribution in [0.2, 0.25) is 0 Å². The number of halogens is 1. The molecule has 19 heavy (non-hydrogen) atoms. The molecule has 1 aromatic rings. The number of aliphatic hydroxyl groups is 1. The van der Waals surface area contributed by atoms with Crippen molar-refractivity contribution >= 4 is 0 Å². The lowest BCUT2D eigenvalue weighted by atomic mass is 9.89. The van der Waals surface area contributed by atoms with Gasteiger partial charge in [0.1, 0.15) is 11.6 Å². The molecule has 2 N–H and O–H groups in total. The molecule has 0 aromatic heterocycles. The van der Waals surface area contributed by atoms with Crippen molar-refractivity contribution in [3.63, 3.8) is 0 Å². The summed E-state index contributed by atoms with van der Waals surface area (Å²) in [6.07, 6.45) is 1.87. The normalized spacial score (nSPS) is 25.1. The third-order valence-corrected chi connectivity index (χ3v) is 3.83. The van der Waals surface area contributed by atoms with Crippen molar-refractivity contribution in [3.8, 4) is 5.75 Å². The summed E-state index contributed by atoms with van der Waals surface area (Å²) < 4.78 is 19.0. The minimum absolute atomic E-state index is 0.239. The lowest BCUT2D eigenvalue weighted by Crippen LogP contribution is -2.38. The number of nitrogens with one attached hydrogen (secondary N) is 1. The molecular formula is C15H22FNO2. The van der Waals surface area contributed by atoms with Crippen LogP contribution in [-0.4, -0.2) is 24.8 Å². The molecular weight excluding hydrogens is 245 g/mol. The Morgan fingerprint density at radius 3 is 3.00 bits per heavy atom. The third kappa shape index (κ3) is 3.45. The second-order valence-corrected chi connectivity index (χ2v) is 5.39. The summed E-state index contributed by atoms with van der Waals surface area (Å²) in [6, 6.07) is 4.87. The van der Waals surface area contributed by atoms with Gasteiger partial charge in [0.05, 0.1) is 18.8 Å². The van der Waals surface area contributed by atoms with Crippen LogP contribution < -0.4 is 10.1 Å². The molecule has 2 rings (SSSR count). The summed E-state index contributed by atoms with van der Waals surface area (Å²) >= 11 is 0. The number of benzene rings is 1. The lowest BCUT2D eigenvalue weighted by Gasteiger charge is -2.30. The van der Waals surface area contributed by atoms with Crippen LogP contribution in [0.5, 0.6) is 5.75 Å². The van der Waals surface area contributed by atoms with Crippen LogP contribution >= 0.6 is 0 Å². The summed E-state index contributed by atoms with van der Waals surface area (Å²) in [6.45, 7) is 3.18. The van der Waals surface area contributed by atoms with E-state index in [-0.39, 0.29) is 11.6 Å². The topological polar surface area (TPSA) is 41.5 Å². The molecule has 1 fully saturated rings. The second-order valence-electron chi connectivity index (χ2n) is 5.39. The number of ether oxygens (including phenoxy) is 1. The Morgan fingerprint density at radius 1 is 1.53 bits per heavy atom. The molecule has 0 radical (unpaired) electrons. The number of methoxy groups -OCH3 is 1. The molecule has 0 bridgehead atoms. The van der Waals surface area contributed by atoms with E-state index in [1.165, 1.54) is 13.2 Å². The average Bonchev–Trinajstić information content (AvgIpc) is 2.38. The largest absolute Gasteiger partial charge is 0.496 e. The minimum atomic E-state index is -0.834. The molecule has 4 heteroatoms. The zero-order chi connectivity index (χ0) is 13.8. The lowest BCUT2D eigenvalue weighted by molar-refractivity contribution is 0.131. The minimum Gasteiger partial charge on any atom is -0.496 e. The summed E-state index contributed by atoms with van der Waals surface area (Å²) in [5.41, 5.74) is 0.269. The first kappa shape index (κ1) is 14.3. The molecule has 1 aliphatic rings. The van der Waals surface area contributed by atoms with Crippen molar-refractivity contribution in [2.75, 3.05) is 13.7 Å². The van der Waals surface area contributed by atoms with E-state index in [1.54, 1.807) is 12.1 Å². The summed E-state index contributed by atoms with van der Waals surface area (Å²) in [7, 11) is 1.49. The predicted molar refractivity (Wildman–Crippen MR) is 72.7 cm³/mol. The Labute approximate surface area is 113 Å². The number of rotatable bonds is 4. The average molecular weight is 267 g/mol. The van der Waals surface area contributed by atoms with E-state index in [0.29, 0.717) is 18.1 Å². The van der Waals surface area contributed by atoms with E-state index in [9.17, 15) is 9.50 Å². The maximum Gasteiger partial charge on any atom is 0.132 e. The standard InChI is InChI=1S/C15H22FNO2/c1-10-6-7-17-11(8-10)9-13(18)15-12(16)4-3-5-14(15)19-2/h3-5,10-11,13,17-18H,6-9H2,1-2H3. The van der Waals surface area contributed by atoms with Gasteiger partial charge in [0.15, 0.2) is 0 Å². The molecule has 3 unspecified atom stereocenters. The summed E-state index contributed by atoms with van der Waals surface area (Å²) in [5, 5.41) is 13.7.